The minimum atomic E-state index is 0.395. The summed E-state index contributed by atoms with van der Waals surface area (Å²) in [7, 11) is 0. The number of hydrogen-bond acceptors (Lipinski definition) is 1. The Labute approximate surface area is 96.8 Å². The molecule has 0 spiro atoms. The molecule has 0 unspecified atom stereocenters. The number of nitrogens with two attached hydrogens (primary N) is 1. The van der Waals surface area contributed by atoms with Gasteiger partial charge in [0.2, 0.25) is 0 Å². The number of anilines is 1. The fourth-order valence-corrected chi connectivity index (χ4v) is 1.21. The van der Waals surface area contributed by atoms with E-state index in [1.54, 1.807) is 6.92 Å². The van der Waals surface area contributed by atoms with Crippen molar-refractivity contribution in [3.8, 4) is 11.8 Å². The van der Waals surface area contributed by atoms with Gasteiger partial charge in [0.25, 0.3) is 0 Å². The molecule has 84 valence electrons. The fourth-order valence-electron chi connectivity index (χ4n) is 1.21. The van der Waals surface area contributed by atoms with Crippen molar-refractivity contribution in [2.24, 2.45) is 10.7 Å². The predicted molar refractivity (Wildman–Crippen MR) is 69.4 cm³/mol. The van der Waals surface area contributed by atoms with Crippen LogP contribution in [0.3, 0.4) is 0 Å². The van der Waals surface area contributed by atoms with E-state index >= 15 is 0 Å². The molecular weight excluding hydrogens is 198 g/mol. The van der Waals surface area contributed by atoms with E-state index in [1.807, 2.05) is 12.1 Å². The Morgan fingerprint density at radius 2 is 2.06 bits per heavy atom. The van der Waals surface area contributed by atoms with E-state index in [9.17, 15) is 0 Å². The smallest absolute Gasteiger partial charge is 0.194 e. The highest BCUT2D eigenvalue weighted by molar-refractivity contribution is 5.92. The number of rotatable bonds is 3. The zero-order valence-corrected chi connectivity index (χ0v) is 9.75. The standard InChI is InChI=1S/C13H17N3/c1-3-5-10-15-13(14)16-12-8-6-11(4-2)7-9-12/h6-9H,4,10H2,1-2H3,(H3,14,15,16). The molecule has 0 aromatic heterocycles. The van der Waals surface area contributed by atoms with E-state index in [0.29, 0.717) is 12.5 Å². The normalized spacial score (nSPS) is 10.5. The number of aryl methyl sites for hydroxylation is 1. The summed E-state index contributed by atoms with van der Waals surface area (Å²) in [6.07, 6.45) is 1.04. The first kappa shape index (κ1) is 12.1. The minimum absolute atomic E-state index is 0.395. The van der Waals surface area contributed by atoms with Crippen molar-refractivity contribution in [2.45, 2.75) is 20.3 Å². The van der Waals surface area contributed by atoms with Gasteiger partial charge in [-0.25, -0.2) is 4.99 Å². The quantitative estimate of drug-likeness (QED) is 0.460. The molecule has 0 saturated carbocycles. The summed E-state index contributed by atoms with van der Waals surface area (Å²) in [5.41, 5.74) is 7.94. The number of guanidine groups is 1. The molecule has 16 heavy (non-hydrogen) atoms. The first-order valence-electron chi connectivity index (χ1n) is 5.31. The second-order valence-electron chi connectivity index (χ2n) is 3.30. The van der Waals surface area contributed by atoms with Crippen LogP contribution < -0.4 is 11.1 Å². The monoisotopic (exact) mass is 215 g/mol. The van der Waals surface area contributed by atoms with E-state index < -0.39 is 0 Å². The molecule has 1 rings (SSSR count). The van der Waals surface area contributed by atoms with E-state index in [2.05, 4.69) is 41.2 Å². The maximum Gasteiger partial charge on any atom is 0.194 e. The van der Waals surface area contributed by atoms with E-state index in [1.165, 1.54) is 5.56 Å². The molecule has 0 amide bonds. The maximum atomic E-state index is 5.69. The summed E-state index contributed by atoms with van der Waals surface area (Å²) in [6.45, 7) is 4.34. The Kier molecular flexibility index (Phi) is 4.94. The Hall–Kier alpha value is -1.95. The van der Waals surface area contributed by atoms with Crippen LogP contribution in [0.2, 0.25) is 0 Å². The van der Waals surface area contributed by atoms with Gasteiger partial charge in [-0.3, -0.25) is 0 Å². The van der Waals surface area contributed by atoms with Gasteiger partial charge in [-0.2, -0.15) is 0 Å². The van der Waals surface area contributed by atoms with Crippen molar-refractivity contribution < 1.29 is 0 Å². The van der Waals surface area contributed by atoms with Crippen molar-refractivity contribution >= 4 is 11.6 Å². The summed E-state index contributed by atoms with van der Waals surface area (Å²) in [6, 6.07) is 8.13. The molecular formula is C13H17N3. The molecule has 0 heterocycles. The van der Waals surface area contributed by atoms with Gasteiger partial charge in [0.1, 0.15) is 6.54 Å². The van der Waals surface area contributed by atoms with E-state index in [4.69, 9.17) is 5.73 Å². The summed E-state index contributed by atoms with van der Waals surface area (Å²) in [4.78, 5) is 4.06. The summed E-state index contributed by atoms with van der Waals surface area (Å²) < 4.78 is 0. The average molecular weight is 215 g/mol. The van der Waals surface area contributed by atoms with Crippen LogP contribution in [0.15, 0.2) is 29.3 Å². The zero-order chi connectivity index (χ0) is 11.8. The largest absolute Gasteiger partial charge is 0.370 e. The Morgan fingerprint density at radius 3 is 2.62 bits per heavy atom. The molecule has 3 heteroatoms. The average Bonchev–Trinajstić information content (AvgIpc) is 2.30. The van der Waals surface area contributed by atoms with Gasteiger partial charge < -0.3 is 11.1 Å². The third kappa shape index (κ3) is 4.05. The van der Waals surface area contributed by atoms with Crippen LogP contribution in [0.4, 0.5) is 5.69 Å². The van der Waals surface area contributed by atoms with Gasteiger partial charge in [-0.05, 0) is 31.0 Å². The van der Waals surface area contributed by atoms with Crippen molar-refractivity contribution in [3.63, 3.8) is 0 Å². The second kappa shape index (κ2) is 6.52. The first-order valence-corrected chi connectivity index (χ1v) is 5.31. The zero-order valence-electron chi connectivity index (χ0n) is 9.75. The van der Waals surface area contributed by atoms with Gasteiger partial charge in [0.05, 0.1) is 0 Å². The lowest BCUT2D eigenvalue weighted by Crippen LogP contribution is -2.22. The SMILES string of the molecule is CC#CCN=C(N)Nc1ccc(CC)cc1. The van der Waals surface area contributed by atoms with Crippen LogP contribution >= 0.6 is 0 Å². The van der Waals surface area contributed by atoms with Crippen molar-refractivity contribution in [2.75, 3.05) is 11.9 Å². The van der Waals surface area contributed by atoms with Crippen LogP contribution in [0.25, 0.3) is 0 Å². The topological polar surface area (TPSA) is 50.4 Å². The molecule has 1 aromatic rings. The van der Waals surface area contributed by atoms with Crippen LogP contribution in [-0.2, 0) is 6.42 Å². The molecule has 3 nitrogen and oxygen atoms in total. The van der Waals surface area contributed by atoms with Gasteiger partial charge in [0, 0.05) is 5.69 Å². The molecule has 0 atom stereocenters. The highest BCUT2D eigenvalue weighted by atomic mass is 15.1. The van der Waals surface area contributed by atoms with Gasteiger partial charge in [-0.1, -0.05) is 25.0 Å². The molecule has 0 fully saturated rings. The van der Waals surface area contributed by atoms with Crippen LogP contribution in [-0.4, -0.2) is 12.5 Å². The highest BCUT2D eigenvalue weighted by Gasteiger charge is 1.94. The molecule has 0 radical (unpaired) electrons. The predicted octanol–water partition coefficient (Wildman–Crippen LogP) is 2.00. The molecule has 0 aliphatic carbocycles. The third-order valence-electron chi connectivity index (χ3n) is 2.14. The lowest BCUT2D eigenvalue weighted by Gasteiger charge is -2.05. The second-order valence-corrected chi connectivity index (χ2v) is 3.30. The van der Waals surface area contributed by atoms with Crippen molar-refractivity contribution in [1.29, 1.82) is 0 Å². The van der Waals surface area contributed by atoms with Crippen LogP contribution in [0, 0.1) is 11.8 Å². The number of nitrogens with zero attached hydrogens (tertiary/aromatic N) is 1. The lowest BCUT2D eigenvalue weighted by atomic mass is 10.1. The third-order valence-corrected chi connectivity index (χ3v) is 2.14. The van der Waals surface area contributed by atoms with E-state index in [-0.39, 0.29) is 0 Å². The number of nitrogens with one attached hydrogen (secondary N) is 1. The first-order chi connectivity index (χ1) is 7.76. The lowest BCUT2D eigenvalue weighted by molar-refractivity contribution is 1.14. The van der Waals surface area contributed by atoms with Crippen molar-refractivity contribution in [3.05, 3.63) is 29.8 Å². The van der Waals surface area contributed by atoms with Crippen molar-refractivity contribution in [1.82, 2.24) is 0 Å². The summed E-state index contributed by atoms with van der Waals surface area (Å²) in [5, 5.41) is 3.01. The fraction of sp³-hybridized carbons (Fsp3) is 0.308. The number of benzene rings is 1. The molecule has 0 aliphatic rings. The van der Waals surface area contributed by atoms with Crippen LogP contribution in [0.1, 0.15) is 19.4 Å². The molecule has 3 N–H and O–H groups in total. The molecule has 0 aliphatic heterocycles. The summed E-state index contributed by atoms with van der Waals surface area (Å²) >= 11 is 0. The Morgan fingerprint density at radius 1 is 1.38 bits per heavy atom. The minimum Gasteiger partial charge on any atom is -0.370 e. The van der Waals surface area contributed by atoms with Gasteiger partial charge >= 0.3 is 0 Å². The molecule has 1 aromatic carbocycles. The maximum absolute atomic E-state index is 5.69. The van der Waals surface area contributed by atoms with Gasteiger partial charge in [0.15, 0.2) is 5.96 Å². The summed E-state index contributed by atoms with van der Waals surface area (Å²) in [5.74, 6) is 5.98. The number of aliphatic imine (C=N–C) groups is 1. The van der Waals surface area contributed by atoms with Gasteiger partial charge in [-0.15, -0.1) is 5.92 Å². The van der Waals surface area contributed by atoms with E-state index in [0.717, 1.165) is 12.1 Å². The molecule has 0 bridgehead atoms. The van der Waals surface area contributed by atoms with Crippen LogP contribution in [0.5, 0.6) is 0 Å². The number of hydrogen-bond donors (Lipinski definition) is 2. The Bertz CT molecular complexity index is 407. The molecule has 0 saturated heterocycles. The Balaban J connectivity index is 2.57. The highest BCUT2D eigenvalue weighted by Crippen LogP contribution is 2.09.